The van der Waals surface area contributed by atoms with Gasteiger partial charge in [-0.3, -0.25) is 0 Å². The lowest BCUT2D eigenvalue weighted by Gasteiger charge is -2.09. The number of hydrogen-bond donors (Lipinski definition) is 0. The van der Waals surface area contributed by atoms with Crippen molar-refractivity contribution in [2.24, 2.45) is 0 Å². The van der Waals surface area contributed by atoms with E-state index >= 15 is 0 Å². The second-order valence-corrected chi connectivity index (χ2v) is 12.2. The normalized spacial score (nSPS) is 11.1. The molecular formula is C43H38O3. The quantitative estimate of drug-likeness (QED) is 0.128. The van der Waals surface area contributed by atoms with Gasteiger partial charge in [-0.2, -0.15) is 0 Å². The van der Waals surface area contributed by atoms with E-state index in [1.54, 1.807) is 24.3 Å². The molecule has 0 unspecified atom stereocenters. The van der Waals surface area contributed by atoms with Gasteiger partial charge in [-0.1, -0.05) is 149 Å². The monoisotopic (exact) mass is 602 g/mol. The lowest BCUT2D eigenvalue weighted by Crippen LogP contribution is -2.13. The van der Waals surface area contributed by atoms with Crippen molar-refractivity contribution >= 4 is 6.16 Å². The minimum atomic E-state index is -0.777. The van der Waals surface area contributed by atoms with Crippen molar-refractivity contribution in [2.75, 3.05) is 0 Å². The number of carbonyl (C=O) groups is 1. The van der Waals surface area contributed by atoms with Crippen molar-refractivity contribution < 1.29 is 14.3 Å². The third kappa shape index (κ3) is 7.27. The molecule has 0 saturated heterocycles. The molecule has 3 nitrogen and oxygen atoms in total. The van der Waals surface area contributed by atoms with Crippen LogP contribution in [0.15, 0.2) is 146 Å². The number of hydrogen-bond acceptors (Lipinski definition) is 3. The van der Waals surface area contributed by atoms with E-state index in [1.165, 1.54) is 33.4 Å². The zero-order valence-electron chi connectivity index (χ0n) is 26.7. The van der Waals surface area contributed by atoms with Gasteiger partial charge in [0.1, 0.15) is 11.5 Å². The van der Waals surface area contributed by atoms with E-state index in [9.17, 15) is 4.79 Å². The van der Waals surface area contributed by atoms with Crippen LogP contribution in [0.1, 0.15) is 50.7 Å². The summed E-state index contributed by atoms with van der Waals surface area (Å²) < 4.78 is 10.9. The van der Waals surface area contributed by atoms with Crippen molar-refractivity contribution in [1.29, 1.82) is 0 Å². The first kappa shape index (κ1) is 30.6. The lowest BCUT2D eigenvalue weighted by molar-refractivity contribution is 0.152. The van der Waals surface area contributed by atoms with Crippen LogP contribution in [0, 0.1) is 0 Å². The summed E-state index contributed by atoms with van der Waals surface area (Å²) in [6.07, 6.45) is -0.777. The maximum atomic E-state index is 12.5. The zero-order chi connectivity index (χ0) is 32.0. The van der Waals surface area contributed by atoms with E-state index in [4.69, 9.17) is 9.47 Å². The Morgan fingerprint density at radius 3 is 0.761 bits per heavy atom. The molecule has 0 fully saturated rings. The highest BCUT2D eigenvalue weighted by Crippen LogP contribution is 2.29. The fraction of sp³-hybridized carbons (Fsp3) is 0.140. The lowest BCUT2D eigenvalue weighted by atomic mass is 9.97. The predicted molar refractivity (Wildman–Crippen MR) is 189 cm³/mol. The summed E-state index contributed by atoms with van der Waals surface area (Å²) in [7, 11) is 0. The molecular weight excluding hydrogens is 564 g/mol. The standard InChI is InChI=1S/C43H38O3/c1-29(2)31-5-9-33(10-6-31)35-13-17-37(18-14-35)39-21-25-41(26-22-39)45-43(44)46-42-27-23-40(24-28-42)38-19-15-36(16-20-38)34-11-7-32(8-12-34)30(3)4/h5-30H,1-4H3. The van der Waals surface area contributed by atoms with Crippen molar-refractivity contribution in [3.8, 4) is 56.0 Å². The molecule has 0 aromatic heterocycles. The van der Waals surface area contributed by atoms with Crippen LogP contribution >= 0.6 is 0 Å². The zero-order valence-corrected chi connectivity index (χ0v) is 26.7. The van der Waals surface area contributed by atoms with Gasteiger partial charge in [0, 0.05) is 0 Å². The van der Waals surface area contributed by atoms with Crippen LogP contribution in [0.3, 0.4) is 0 Å². The van der Waals surface area contributed by atoms with Crippen LogP contribution in [-0.2, 0) is 0 Å². The highest BCUT2D eigenvalue weighted by molar-refractivity contribution is 5.73. The van der Waals surface area contributed by atoms with Crippen LogP contribution in [0.4, 0.5) is 4.79 Å². The Morgan fingerprint density at radius 1 is 0.348 bits per heavy atom. The molecule has 6 aromatic carbocycles. The summed E-state index contributed by atoms with van der Waals surface area (Å²) >= 11 is 0. The smallest absolute Gasteiger partial charge is 0.395 e. The Balaban J connectivity index is 1.03. The molecule has 0 atom stereocenters. The van der Waals surface area contributed by atoms with Crippen LogP contribution < -0.4 is 9.47 Å². The number of rotatable bonds is 8. The van der Waals surface area contributed by atoms with E-state index in [2.05, 4.69) is 125 Å². The fourth-order valence-electron chi connectivity index (χ4n) is 5.48. The van der Waals surface area contributed by atoms with Crippen molar-refractivity contribution in [1.82, 2.24) is 0 Å². The summed E-state index contributed by atoms with van der Waals surface area (Å²) in [5, 5.41) is 0. The number of ether oxygens (including phenoxy) is 2. The average molecular weight is 603 g/mol. The van der Waals surface area contributed by atoms with Gasteiger partial charge in [-0.15, -0.1) is 0 Å². The predicted octanol–water partition coefficient (Wildman–Crippen LogP) is 12.2. The Labute approximate surface area is 272 Å². The first-order valence-electron chi connectivity index (χ1n) is 15.8. The Morgan fingerprint density at radius 2 is 0.543 bits per heavy atom. The molecule has 0 spiro atoms. The Bertz CT molecular complexity index is 1740. The van der Waals surface area contributed by atoms with Crippen LogP contribution in [0.5, 0.6) is 11.5 Å². The third-order valence-electron chi connectivity index (χ3n) is 8.37. The molecule has 0 heterocycles. The van der Waals surface area contributed by atoms with Gasteiger partial charge in [-0.05, 0) is 91.7 Å². The molecule has 0 saturated carbocycles. The first-order valence-corrected chi connectivity index (χ1v) is 15.8. The topological polar surface area (TPSA) is 35.5 Å². The fourth-order valence-corrected chi connectivity index (χ4v) is 5.48. The number of carbonyl (C=O) groups excluding carboxylic acids is 1. The van der Waals surface area contributed by atoms with E-state index in [1.807, 2.05) is 24.3 Å². The van der Waals surface area contributed by atoms with Crippen LogP contribution in [-0.4, -0.2) is 6.16 Å². The molecule has 6 rings (SSSR count). The Kier molecular flexibility index (Phi) is 9.12. The second-order valence-electron chi connectivity index (χ2n) is 12.2. The second kappa shape index (κ2) is 13.7. The summed E-state index contributed by atoms with van der Waals surface area (Å²) in [6.45, 7) is 8.82. The molecule has 3 heteroatoms. The molecule has 46 heavy (non-hydrogen) atoms. The molecule has 0 radical (unpaired) electrons. The molecule has 0 N–H and O–H groups in total. The van der Waals surface area contributed by atoms with Gasteiger partial charge in [-0.25, -0.2) is 4.79 Å². The van der Waals surface area contributed by atoms with E-state index < -0.39 is 6.16 Å². The third-order valence-corrected chi connectivity index (χ3v) is 8.37. The van der Waals surface area contributed by atoms with Gasteiger partial charge < -0.3 is 9.47 Å². The molecule has 228 valence electrons. The minimum absolute atomic E-state index is 0.422. The Hall–Kier alpha value is -5.41. The highest BCUT2D eigenvalue weighted by atomic mass is 16.7. The van der Waals surface area contributed by atoms with Crippen molar-refractivity contribution in [3.05, 3.63) is 157 Å². The SMILES string of the molecule is CC(C)c1ccc(-c2ccc(-c3ccc(OC(=O)Oc4ccc(-c5ccc(-c6ccc(C(C)C)cc6)cc5)cc4)cc3)cc2)cc1. The van der Waals surface area contributed by atoms with Gasteiger partial charge in [0.2, 0.25) is 0 Å². The van der Waals surface area contributed by atoms with Crippen molar-refractivity contribution in [2.45, 2.75) is 39.5 Å². The average Bonchev–Trinajstić information content (AvgIpc) is 3.09. The maximum Gasteiger partial charge on any atom is 0.519 e. The minimum Gasteiger partial charge on any atom is -0.395 e. The van der Waals surface area contributed by atoms with Crippen molar-refractivity contribution in [3.63, 3.8) is 0 Å². The van der Waals surface area contributed by atoms with E-state index in [-0.39, 0.29) is 0 Å². The number of benzene rings is 6. The summed E-state index contributed by atoms with van der Waals surface area (Å²) in [5.74, 6) is 1.88. The molecule has 0 aliphatic rings. The molecule has 6 aromatic rings. The van der Waals surface area contributed by atoms with Crippen LogP contribution in [0.25, 0.3) is 44.5 Å². The van der Waals surface area contributed by atoms with Gasteiger partial charge >= 0.3 is 6.16 Å². The van der Waals surface area contributed by atoms with Gasteiger partial charge in [0.15, 0.2) is 0 Å². The van der Waals surface area contributed by atoms with Gasteiger partial charge in [0.05, 0.1) is 0 Å². The summed E-state index contributed by atoms with van der Waals surface area (Å²) in [6, 6.07) is 49.3. The molecule has 0 aliphatic heterocycles. The molecule has 0 aliphatic carbocycles. The van der Waals surface area contributed by atoms with E-state index in [0.717, 1.165) is 22.3 Å². The first-order chi connectivity index (χ1) is 22.3. The summed E-state index contributed by atoms with van der Waals surface area (Å²) in [5.41, 5.74) is 11.7. The largest absolute Gasteiger partial charge is 0.519 e. The van der Waals surface area contributed by atoms with Gasteiger partial charge in [0.25, 0.3) is 0 Å². The summed E-state index contributed by atoms with van der Waals surface area (Å²) in [4.78, 5) is 12.5. The van der Waals surface area contributed by atoms with E-state index in [0.29, 0.717) is 23.3 Å². The molecule has 0 amide bonds. The van der Waals surface area contributed by atoms with Crippen LogP contribution in [0.2, 0.25) is 0 Å². The maximum absolute atomic E-state index is 12.5. The molecule has 0 bridgehead atoms. The highest BCUT2D eigenvalue weighted by Gasteiger charge is 2.10.